The van der Waals surface area contributed by atoms with Crippen molar-refractivity contribution in [2.45, 2.75) is 70.7 Å². The fourth-order valence-electron chi connectivity index (χ4n) is 4.97. The highest BCUT2D eigenvalue weighted by Gasteiger charge is 2.60. The molecular weight excluding hydrogens is 735 g/mol. The van der Waals surface area contributed by atoms with Gasteiger partial charge in [-0.1, -0.05) is 0 Å². The molecule has 1 fully saturated rings. The van der Waals surface area contributed by atoms with E-state index in [1.54, 1.807) is 18.2 Å². The summed E-state index contributed by atoms with van der Waals surface area (Å²) >= 11 is 0. The Morgan fingerprint density at radius 1 is 1.04 bits per heavy atom. The molecule has 19 nitrogen and oxygen atoms in total. The third kappa shape index (κ3) is 9.86. The molecule has 0 unspecified atom stereocenters. The first-order chi connectivity index (χ1) is 25.0. The first-order valence-corrected chi connectivity index (χ1v) is 17.7. The first kappa shape index (κ1) is 41.1. The molecule has 1 aromatic carbocycles. The normalized spacial score (nSPS) is 19.3. The summed E-state index contributed by atoms with van der Waals surface area (Å²) in [7, 11) is -1.53. The number of fused-ring (bicyclic) bond motifs is 1. The van der Waals surface area contributed by atoms with Crippen molar-refractivity contribution in [1.82, 2.24) is 19.7 Å². The molecule has 4 N–H and O–H groups in total. The molecule has 3 aromatic rings. The molecule has 4 rings (SSSR count). The van der Waals surface area contributed by atoms with Crippen molar-refractivity contribution in [3.8, 4) is 11.5 Å². The molecule has 0 radical (unpaired) electrons. The van der Waals surface area contributed by atoms with Crippen LogP contribution >= 0.6 is 7.67 Å². The summed E-state index contributed by atoms with van der Waals surface area (Å²) < 4.78 is 86.5. The van der Waals surface area contributed by atoms with E-state index in [1.807, 2.05) is 0 Å². The van der Waals surface area contributed by atoms with Gasteiger partial charge in [0.2, 0.25) is 6.23 Å². The van der Waals surface area contributed by atoms with Crippen LogP contribution < -0.4 is 30.7 Å². The molecule has 2 aromatic heterocycles. The number of nitrogens with zero attached hydrogens (tertiary/aromatic N) is 2. The molecule has 53 heavy (non-hydrogen) atoms. The first-order valence-electron chi connectivity index (χ1n) is 16.1. The van der Waals surface area contributed by atoms with Crippen LogP contribution in [0.4, 0.5) is 19.4 Å². The second-order valence-corrected chi connectivity index (χ2v) is 13.2. The van der Waals surface area contributed by atoms with Gasteiger partial charge in [0.25, 0.3) is 0 Å². The second-order valence-electron chi connectivity index (χ2n) is 11.4. The Labute approximate surface area is 300 Å². The number of amides is 1. The minimum atomic E-state index is -4.46. The van der Waals surface area contributed by atoms with E-state index in [0.29, 0.717) is 27.0 Å². The molecule has 1 saturated heterocycles. The number of benzene rings is 1. The SMILES string of the molecule is CCOC(=O)[C@H](C)NP(=O)(N[C@@H](C)C(=O)OCC)OC[C@H]1O[C@@H](n2ccc(NC(=O)OCc3cc4cc(OC)cc(OC)c4o3)nc2=O)C(F)(F)[C@@H]1O. The minimum Gasteiger partial charge on any atom is -0.497 e. The number of hydrogen-bond acceptors (Lipinski definition) is 15. The number of nitrogens with one attached hydrogen (secondary N) is 3. The number of anilines is 1. The highest BCUT2D eigenvalue weighted by Crippen LogP contribution is 2.45. The van der Waals surface area contributed by atoms with Gasteiger partial charge < -0.3 is 42.5 Å². The van der Waals surface area contributed by atoms with Crippen LogP contribution in [0.2, 0.25) is 0 Å². The third-order valence-corrected chi connectivity index (χ3v) is 9.50. The molecule has 0 bridgehead atoms. The summed E-state index contributed by atoms with van der Waals surface area (Å²) in [6, 6.07) is 3.37. The Balaban J connectivity index is 1.42. The monoisotopic (exact) mass is 775 g/mol. The molecule has 0 aliphatic carbocycles. The fourth-order valence-corrected chi connectivity index (χ4v) is 6.78. The molecule has 22 heteroatoms. The largest absolute Gasteiger partial charge is 0.497 e. The molecule has 1 aliphatic rings. The standard InChI is InChI=1S/C31H40F2N5O14P/c1-7-47-26(40)16(3)36-53(44,37-17(4)27(41)48-8-2)50-15-22-25(39)31(32,33)28(52-22)38-10-9-23(34-29(38)42)35-30(43)49-14-20-12-18-11-19(45-5)13-21(46-6)24(18)51-20/h9-13,16-17,22,25,28,39H,7-8,14-15H2,1-6H3,(H2,36,37,44)(H,34,35,42,43)/t16-,17-,22+,25+,28+/m0/s1. The third-order valence-electron chi connectivity index (χ3n) is 7.53. The summed E-state index contributed by atoms with van der Waals surface area (Å²) in [5.41, 5.74) is -0.919. The summed E-state index contributed by atoms with van der Waals surface area (Å²) in [6.45, 7) is 4.31. The van der Waals surface area contributed by atoms with Crippen molar-refractivity contribution in [2.75, 3.05) is 39.4 Å². The Morgan fingerprint density at radius 3 is 2.25 bits per heavy atom. The van der Waals surface area contributed by atoms with Gasteiger partial charge in [-0.05, 0) is 45.9 Å². The molecule has 0 saturated carbocycles. The van der Waals surface area contributed by atoms with Crippen LogP contribution in [0.3, 0.4) is 0 Å². The lowest BCUT2D eigenvalue weighted by molar-refractivity contribution is -0.145. The zero-order chi connectivity index (χ0) is 39.1. The molecule has 3 heterocycles. The Hall–Kier alpha value is -4.66. The van der Waals surface area contributed by atoms with Gasteiger partial charge in [-0.3, -0.25) is 24.0 Å². The van der Waals surface area contributed by atoms with Gasteiger partial charge in [0.1, 0.15) is 35.5 Å². The lowest BCUT2D eigenvalue weighted by Crippen LogP contribution is -2.44. The summed E-state index contributed by atoms with van der Waals surface area (Å²) in [4.78, 5) is 53.3. The molecular formula is C31H40F2N5O14P. The van der Waals surface area contributed by atoms with Gasteiger partial charge in [-0.25, -0.2) is 19.8 Å². The Bertz CT molecular complexity index is 1860. The number of rotatable bonds is 17. The number of hydrogen-bond donors (Lipinski definition) is 4. The van der Waals surface area contributed by atoms with Gasteiger partial charge in [-0.2, -0.15) is 13.8 Å². The zero-order valence-corrected chi connectivity index (χ0v) is 30.3. The van der Waals surface area contributed by atoms with Crippen LogP contribution in [0.1, 0.15) is 39.7 Å². The van der Waals surface area contributed by atoms with E-state index in [0.717, 1.165) is 12.3 Å². The van der Waals surface area contributed by atoms with E-state index in [-0.39, 0.29) is 31.4 Å². The number of furan rings is 1. The molecule has 5 atom stereocenters. The smallest absolute Gasteiger partial charge is 0.413 e. The topological polar surface area (TPSA) is 237 Å². The minimum absolute atomic E-state index is 0.00689. The van der Waals surface area contributed by atoms with Gasteiger partial charge in [-0.15, -0.1) is 0 Å². The van der Waals surface area contributed by atoms with Crippen LogP contribution in [0.5, 0.6) is 11.5 Å². The van der Waals surface area contributed by atoms with Crippen LogP contribution in [0, 0.1) is 0 Å². The van der Waals surface area contributed by atoms with Crippen LogP contribution in [0.15, 0.2) is 39.7 Å². The van der Waals surface area contributed by atoms with Gasteiger partial charge in [0.15, 0.2) is 24.0 Å². The van der Waals surface area contributed by atoms with E-state index < -0.39 is 74.4 Å². The van der Waals surface area contributed by atoms with E-state index in [1.165, 1.54) is 41.9 Å². The maximum Gasteiger partial charge on any atom is 0.413 e. The van der Waals surface area contributed by atoms with E-state index in [2.05, 4.69) is 20.5 Å². The molecule has 1 aliphatic heterocycles. The van der Waals surface area contributed by atoms with Gasteiger partial charge in [0.05, 0.1) is 34.0 Å². The van der Waals surface area contributed by atoms with Crippen LogP contribution in [0.25, 0.3) is 11.0 Å². The van der Waals surface area contributed by atoms with Crippen molar-refractivity contribution >= 4 is 42.5 Å². The number of carbonyl (C=O) groups excluding carboxylic acids is 3. The van der Waals surface area contributed by atoms with Crippen molar-refractivity contribution < 1.29 is 70.2 Å². The fraction of sp³-hybridized carbons (Fsp3) is 0.516. The van der Waals surface area contributed by atoms with E-state index >= 15 is 8.78 Å². The Kier molecular flexibility index (Phi) is 13.5. The predicted octanol–water partition coefficient (Wildman–Crippen LogP) is 2.86. The summed E-state index contributed by atoms with van der Waals surface area (Å²) in [6.07, 6.45) is -7.12. The maximum atomic E-state index is 15.3. The number of alkyl halides is 2. The number of methoxy groups -OCH3 is 2. The quantitative estimate of drug-likeness (QED) is 0.0876. The number of aromatic nitrogens is 2. The van der Waals surface area contributed by atoms with E-state index in [4.69, 9.17) is 37.4 Å². The predicted molar refractivity (Wildman–Crippen MR) is 179 cm³/mol. The number of halogens is 2. The molecule has 292 valence electrons. The van der Waals surface area contributed by atoms with E-state index in [9.17, 15) is 28.8 Å². The number of carbonyl (C=O) groups is 3. The van der Waals surface area contributed by atoms with Crippen LogP contribution in [-0.2, 0) is 44.2 Å². The zero-order valence-electron chi connectivity index (χ0n) is 29.5. The van der Waals surface area contributed by atoms with Gasteiger partial charge in [0, 0.05) is 17.6 Å². The van der Waals surface area contributed by atoms with Crippen molar-refractivity contribution in [3.63, 3.8) is 0 Å². The highest BCUT2D eigenvalue weighted by atomic mass is 31.2. The van der Waals surface area contributed by atoms with Crippen molar-refractivity contribution in [1.29, 1.82) is 0 Å². The van der Waals surface area contributed by atoms with Crippen molar-refractivity contribution in [2.24, 2.45) is 0 Å². The lowest BCUT2D eigenvalue weighted by atomic mass is 10.1. The number of esters is 2. The number of ether oxygens (including phenoxy) is 6. The summed E-state index contributed by atoms with van der Waals surface area (Å²) in [5, 5.41) is 18.0. The summed E-state index contributed by atoms with van der Waals surface area (Å²) in [5.74, 6) is -5.01. The Morgan fingerprint density at radius 2 is 1.68 bits per heavy atom. The van der Waals surface area contributed by atoms with Gasteiger partial charge >= 0.3 is 37.3 Å². The lowest BCUT2D eigenvalue weighted by Gasteiger charge is -2.27. The average Bonchev–Trinajstić information content (AvgIpc) is 3.63. The second kappa shape index (κ2) is 17.4. The highest BCUT2D eigenvalue weighted by molar-refractivity contribution is 7.54. The van der Waals surface area contributed by atoms with Crippen molar-refractivity contribution in [3.05, 3.63) is 46.7 Å². The number of aliphatic hydroxyl groups is 1. The van der Waals surface area contributed by atoms with Crippen LogP contribution in [-0.4, -0.2) is 96.9 Å². The molecule has 0 spiro atoms. The molecule has 1 amide bonds. The maximum absolute atomic E-state index is 15.3. The number of aliphatic hydroxyl groups excluding tert-OH is 1. The average molecular weight is 776 g/mol.